The van der Waals surface area contributed by atoms with E-state index < -0.39 is 0 Å². The Morgan fingerprint density at radius 3 is 2.68 bits per heavy atom. The smallest absolute Gasteiger partial charge is 0.0554 e. The van der Waals surface area contributed by atoms with E-state index in [1.54, 1.807) is 0 Å². The van der Waals surface area contributed by atoms with Crippen LogP contribution in [0.4, 0.5) is 11.4 Å². The highest BCUT2D eigenvalue weighted by atomic mass is 15.1. The predicted molar refractivity (Wildman–Crippen MR) is 123 cm³/mol. The summed E-state index contributed by atoms with van der Waals surface area (Å²) in [6.45, 7) is 7.74. The van der Waals surface area contributed by atoms with E-state index in [9.17, 15) is 0 Å². The Hall–Kier alpha value is -2.74. The number of aryl methyl sites for hydroxylation is 1. The number of nitrogens with zero attached hydrogens (tertiary/aromatic N) is 1. The SMILES string of the molecule is Cc1cccc(NC2CC=Cc3cc4ccc(N(C)CC(C)C)cc4cc32)c1. The van der Waals surface area contributed by atoms with Gasteiger partial charge in [0.2, 0.25) is 0 Å². The minimum absolute atomic E-state index is 0.309. The van der Waals surface area contributed by atoms with Crippen molar-refractivity contribution in [2.24, 2.45) is 5.92 Å². The summed E-state index contributed by atoms with van der Waals surface area (Å²) in [5.41, 5.74) is 6.48. The van der Waals surface area contributed by atoms with E-state index in [2.05, 4.69) is 105 Å². The molecule has 0 amide bonds. The third-order valence-corrected chi connectivity index (χ3v) is 5.51. The van der Waals surface area contributed by atoms with Crippen LogP contribution in [0.2, 0.25) is 0 Å². The molecule has 0 bridgehead atoms. The van der Waals surface area contributed by atoms with E-state index in [-0.39, 0.29) is 0 Å². The van der Waals surface area contributed by atoms with Gasteiger partial charge in [0.25, 0.3) is 0 Å². The van der Waals surface area contributed by atoms with Crippen LogP contribution in [-0.2, 0) is 0 Å². The van der Waals surface area contributed by atoms with Crippen molar-refractivity contribution in [3.8, 4) is 0 Å². The Bertz CT molecular complexity index is 1020. The van der Waals surface area contributed by atoms with Crippen molar-refractivity contribution in [3.63, 3.8) is 0 Å². The third-order valence-electron chi connectivity index (χ3n) is 5.51. The zero-order valence-corrected chi connectivity index (χ0v) is 17.4. The number of rotatable bonds is 5. The van der Waals surface area contributed by atoms with Crippen LogP contribution in [0.25, 0.3) is 16.8 Å². The van der Waals surface area contributed by atoms with E-state index in [0.29, 0.717) is 12.0 Å². The first-order chi connectivity index (χ1) is 13.5. The van der Waals surface area contributed by atoms with E-state index in [1.807, 2.05) is 0 Å². The second kappa shape index (κ2) is 7.71. The number of nitrogens with one attached hydrogen (secondary N) is 1. The van der Waals surface area contributed by atoms with Gasteiger partial charge in [-0.2, -0.15) is 0 Å². The molecule has 3 aromatic carbocycles. The molecule has 0 aromatic heterocycles. The lowest BCUT2D eigenvalue weighted by atomic mass is 9.89. The molecule has 28 heavy (non-hydrogen) atoms. The molecule has 1 aliphatic carbocycles. The summed E-state index contributed by atoms with van der Waals surface area (Å²) in [7, 11) is 2.18. The highest BCUT2D eigenvalue weighted by Gasteiger charge is 2.18. The van der Waals surface area contributed by atoms with E-state index >= 15 is 0 Å². The Labute approximate surface area is 168 Å². The van der Waals surface area contributed by atoms with Gasteiger partial charge in [-0.25, -0.2) is 0 Å². The summed E-state index contributed by atoms with van der Waals surface area (Å²) in [6.07, 6.45) is 5.56. The van der Waals surface area contributed by atoms with Crippen molar-refractivity contribution in [3.05, 3.63) is 77.4 Å². The van der Waals surface area contributed by atoms with Crippen LogP contribution < -0.4 is 10.2 Å². The van der Waals surface area contributed by atoms with Crippen molar-refractivity contribution in [2.75, 3.05) is 23.8 Å². The van der Waals surface area contributed by atoms with Gasteiger partial charge in [-0.05, 0) is 83.1 Å². The lowest BCUT2D eigenvalue weighted by molar-refractivity contribution is 0.638. The van der Waals surface area contributed by atoms with Gasteiger partial charge in [-0.15, -0.1) is 0 Å². The van der Waals surface area contributed by atoms with Gasteiger partial charge in [0.1, 0.15) is 0 Å². The molecule has 1 atom stereocenters. The lowest BCUT2D eigenvalue weighted by Crippen LogP contribution is -2.22. The molecule has 1 unspecified atom stereocenters. The second-order valence-corrected chi connectivity index (χ2v) is 8.49. The molecule has 0 aliphatic heterocycles. The van der Waals surface area contributed by atoms with E-state index in [0.717, 1.165) is 13.0 Å². The van der Waals surface area contributed by atoms with Crippen molar-refractivity contribution < 1.29 is 0 Å². The van der Waals surface area contributed by atoms with Crippen LogP contribution in [0, 0.1) is 12.8 Å². The molecule has 1 N–H and O–H groups in total. The first-order valence-electron chi connectivity index (χ1n) is 10.3. The summed E-state index contributed by atoms with van der Waals surface area (Å²) in [4.78, 5) is 2.35. The number of hydrogen-bond donors (Lipinski definition) is 1. The molecule has 0 saturated heterocycles. The number of benzene rings is 3. The Morgan fingerprint density at radius 1 is 1.04 bits per heavy atom. The van der Waals surface area contributed by atoms with Crippen LogP contribution in [0.3, 0.4) is 0 Å². The molecule has 0 spiro atoms. The largest absolute Gasteiger partial charge is 0.378 e. The van der Waals surface area contributed by atoms with Crippen molar-refractivity contribution in [1.29, 1.82) is 0 Å². The van der Waals surface area contributed by atoms with Gasteiger partial charge in [0, 0.05) is 25.0 Å². The molecule has 0 radical (unpaired) electrons. The maximum absolute atomic E-state index is 3.74. The molecule has 4 rings (SSSR count). The number of fused-ring (bicyclic) bond motifs is 2. The van der Waals surface area contributed by atoms with Crippen LogP contribution in [-0.4, -0.2) is 13.6 Å². The first-order valence-corrected chi connectivity index (χ1v) is 10.3. The molecule has 1 aliphatic rings. The van der Waals surface area contributed by atoms with Gasteiger partial charge in [-0.3, -0.25) is 0 Å². The van der Waals surface area contributed by atoms with Crippen molar-refractivity contribution >= 4 is 28.2 Å². The second-order valence-electron chi connectivity index (χ2n) is 8.49. The summed E-state index contributed by atoms with van der Waals surface area (Å²) < 4.78 is 0. The summed E-state index contributed by atoms with van der Waals surface area (Å²) >= 11 is 0. The van der Waals surface area contributed by atoms with Gasteiger partial charge in [-0.1, -0.05) is 44.2 Å². The predicted octanol–water partition coefficient (Wildman–Crippen LogP) is 6.81. The normalized spacial score (nSPS) is 15.7. The molecule has 0 saturated carbocycles. The van der Waals surface area contributed by atoms with Crippen LogP contribution >= 0.6 is 0 Å². The molecule has 0 fully saturated rings. The fourth-order valence-electron chi connectivity index (χ4n) is 4.19. The third kappa shape index (κ3) is 3.91. The highest BCUT2D eigenvalue weighted by molar-refractivity contribution is 5.89. The maximum atomic E-state index is 3.74. The minimum Gasteiger partial charge on any atom is -0.378 e. The van der Waals surface area contributed by atoms with Gasteiger partial charge < -0.3 is 10.2 Å². The Balaban J connectivity index is 1.69. The zero-order chi connectivity index (χ0) is 19.7. The topological polar surface area (TPSA) is 15.3 Å². The molecule has 144 valence electrons. The van der Waals surface area contributed by atoms with E-state index in [1.165, 1.54) is 38.8 Å². The van der Waals surface area contributed by atoms with Crippen LogP contribution in [0.5, 0.6) is 0 Å². The Morgan fingerprint density at radius 2 is 1.89 bits per heavy atom. The molecule has 2 nitrogen and oxygen atoms in total. The highest BCUT2D eigenvalue weighted by Crippen LogP contribution is 2.35. The first kappa shape index (κ1) is 18.6. The lowest BCUT2D eigenvalue weighted by Gasteiger charge is -2.26. The molecular formula is C26H30N2. The fraction of sp³-hybridized carbons (Fsp3) is 0.308. The summed E-state index contributed by atoms with van der Waals surface area (Å²) in [5, 5.41) is 6.37. The van der Waals surface area contributed by atoms with Gasteiger partial charge >= 0.3 is 0 Å². The zero-order valence-electron chi connectivity index (χ0n) is 17.4. The molecule has 0 heterocycles. The van der Waals surface area contributed by atoms with Crippen LogP contribution in [0.1, 0.15) is 43.0 Å². The van der Waals surface area contributed by atoms with Crippen molar-refractivity contribution in [1.82, 2.24) is 0 Å². The van der Waals surface area contributed by atoms with E-state index in [4.69, 9.17) is 0 Å². The van der Waals surface area contributed by atoms with Crippen LogP contribution in [0.15, 0.2) is 60.7 Å². The summed E-state index contributed by atoms with van der Waals surface area (Å²) in [6, 6.07) is 20.5. The number of hydrogen-bond acceptors (Lipinski definition) is 2. The maximum Gasteiger partial charge on any atom is 0.0554 e. The average Bonchev–Trinajstić information content (AvgIpc) is 2.66. The number of anilines is 2. The average molecular weight is 371 g/mol. The van der Waals surface area contributed by atoms with Gasteiger partial charge in [0.15, 0.2) is 0 Å². The van der Waals surface area contributed by atoms with Gasteiger partial charge in [0.05, 0.1) is 6.04 Å². The standard InChI is InChI=1S/C26H30N2/c1-18(2)17-28(4)24-12-11-20-14-21-8-6-10-26(25(21)16-22(20)15-24)27-23-9-5-7-19(3)13-23/h5-9,11-16,18,26-27H,10,17H2,1-4H3. The monoisotopic (exact) mass is 370 g/mol. The molecular weight excluding hydrogens is 340 g/mol. The quantitative estimate of drug-likeness (QED) is 0.530. The minimum atomic E-state index is 0.309. The summed E-state index contributed by atoms with van der Waals surface area (Å²) in [5.74, 6) is 0.650. The van der Waals surface area contributed by atoms with Crippen molar-refractivity contribution in [2.45, 2.75) is 33.2 Å². The molecule has 3 aromatic rings. The Kier molecular flexibility index (Phi) is 5.13. The fourth-order valence-corrected chi connectivity index (χ4v) is 4.19. The molecule has 2 heteroatoms.